The second kappa shape index (κ2) is 6.85. The maximum absolute atomic E-state index is 12.3. The first-order valence-electron chi connectivity index (χ1n) is 6.72. The van der Waals surface area contributed by atoms with E-state index in [9.17, 15) is 9.59 Å². The predicted molar refractivity (Wildman–Crippen MR) is 80.2 cm³/mol. The van der Waals surface area contributed by atoms with Crippen molar-refractivity contribution in [3.8, 4) is 0 Å². The van der Waals surface area contributed by atoms with E-state index >= 15 is 0 Å². The van der Waals surface area contributed by atoms with Gasteiger partial charge in [0.25, 0.3) is 5.91 Å². The summed E-state index contributed by atoms with van der Waals surface area (Å²) in [6.07, 6.45) is 1.47. The van der Waals surface area contributed by atoms with Crippen LogP contribution in [-0.2, 0) is 0 Å². The summed E-state index contributed by atoms with van der Waals surface area (Å²) in [4.78, 5) is 26.9. The second-order valence-electron chi connectivity index (χ2n) is 4.95. The number of nitrogens with zero attached hydrogens (tertiary/aromatic N) is 3. The van der Waals surface area contributed by atoms with Crippen molar-refractivity contribution < 1.29 is 9.59 Å². The molecule has 7 nitrogen and oxygen atoms in total. The fraction of sp³-hybridized carbons (Fsp3) is 0.357. The highest BCUT2D eigenvalue weighted by Gasteiger charge is 2.19. The van der Waals surface area contributed by atoms with Gasteiger partial charge in [0, 0.05) is 31.7 Å². The topological polar surface area (TPSA) is 91.0 Å². The first kappa shape index (κ1) is 15.0. The van der Waals surface area contributed by atoms with Gasteiger partial charge in [0.1, 0.15) is 0 Å². The Morgan fingerprint density at radius 1 is 1.19 bits per heavy atom. The number of nitrogens with two attached hydrogens (primary N) is 1. The summed E-state index contributed by atoms with van der Waals surface area (Å²) in [5.74, 6) is 0.0434. The molecule has 0 aromatic heterocycles. The number of carbonyl (C=O) groups excluding carboxylic acids is 2. The van der Waals surface area contributed by atoms with Crippen molar-refractivity contribution in [3.05, 3.63) is 35.4 Å². The van der Waals surface area contributed by atoms with E-state index in [4.69, 9.17) is 5.73 Å². The lowest BCUT2D eigenvalue weighted by Gasteiger charge is -2.32. The zero-order valence-corrected chi connectivity index (χ0v) is 12.0. The van der Waals surface area contributed by atoms with E-state index in [0.29, 0.717) is 5.56 Å². The Balaban J connectivity index is 1.96. The third-order valence-electron chi connectivity index (χ3n) is 3.34. The van der Waals surface area contributed by atoms with E-state index in [1.54, 1.807) is 24.3 Å². The van der Waals surface area contributed by atoms with Gasteiger partial charge < -0.3 is 15.5 Å². The number of urea groups is 1. The van der Waals surface area contributed by atoms with E-state index < -0.39 is 6.03 Å². The van der Waals surface area contributed by atoms with Crippen molar-refractivity contribution in [1.82, 2.24) is 15.2 Å². The monoisotopic (exact) mass is 289 g/mol. The number of hydrogen-bond donors (Lipinski definition) is 2. The highest BCUT2D eigenvalue weighted by atomic mass is 16.2. The zero-order valence-electron chi connectivity index (χ0n) is 12.0. The molecule has 0 saturated carbocycles. The largest absolute Gasteiger partial charge is 0.350 e. The van der Waals surface area contributed by atoms with Crippen LogP contribution in [0.1, 0.15) is 15.9 Å². The summed E-state index contributed by atoms with van der Waals surface area (Å²) in [5.41, 5.74) is 8.44. The van der Waals surface area contributed by atoms with Gasteiger partial charge in [-0.1, -0.05) is 12.1 Å². The smallest absolute Gasteiger partial charge is 0.332 e. The minimum atomic E-state index is -0.715. The van der Waals surface area contributed by atoms with Crippen molar-refractivity contribution >= 4 is 18.2 Å². The molecule has 0 bridgehead atoms. The number of primary amides is 1. The van der Waals surface area contributed by atoms with Crippen molar-refractivity contribution in [2.24, 2.45) is 10.8 Å². The van der Waals surface area contributed by atoms with Crippen molar-refractivity contribution in [1.29, 1.82) is 0 Å². The van der Waals surface area contributed by atoms with E-state index in [0.717, 1.165) is 31.7 Å². The van der Waals surface area contributed by atoms with Crippen LogP contribution < -0.4 is 11.2 Å². The lowest BCUT2D eigenvalue weighted by molar-refractivity contribution is 0.0664. The lowest BCUT2D eigenvalue weighted by Crippen LogP contribution is -2.47. The molecule has 1 aliphatic rings. The van der Waals surface area contributed by atoms with Gasteiger partial charge in [-0.3, -0.25) is 4.79 Å². The molecule has 21 heavy (non-hydrogen) atoms. The molecule has 1 heterocycles. The van der Waals surface area contributed by atoms with Gasteiger partial charge in [0.2, 0.25) is 0 Å². The van der Waals surface area contributed by atoms with Gasteiger partial charge in [0.15, 0.2) is 0 Å². The molecule has 2 rings (SSSR count). The average Bonchev–Trinajstić information content (AvgIpc) is 2.48. The molecule has 3 amide bonds. The normalized spacial score (nSPS) is 16.1. The fourth-order valence-corrected chi connectivity index (χ4v) is 2.07. The predicted octanol–water partition coefficient (Wildman–Crippen LogP) is 0.0764. The highest BCUT2D eigenvalue weighted by Crippen LogP contribution is 2.09. The number of carbonyl (C=O) groups is 2. The van der Waals surface area contributed by atoms with Crippen LogP contribution in [0.15, 0.2) is 29.4 Å². The van der Waals surface area contributed by atoms with Crippen molar-refractivity contribution in [2.75, 3.05) is 33.2 Å². The molecule has 0 aliphatic carbocycles. The van der Waals surface area contributed by atoms with Gasteiger partial charge in [0.05, 0.1) is 6.21 Å². The molecule has 1 fully saturated rings. The second-order valence-corrected chi connectivity index (χ2v) is 4.95. The Bertz CT molecular complexity index is 533. The highest BCUT2D eigenvalue weighted by molar-refractivity contribution is 5.95. The van der Waals surface area contributed by atoms with Gasteiger partial charge in [-0.05, 0) is 24.7 Å². The maximum atomic E-state index is 12.3. The summed E-state index contributed by atoms with van der Waals surface area (Å²) in [7, 11) is 2.05. The van der Waals surface area contributed by atoms with E-state index in [1.165, 1.54) is 6.21 Å². The van der Waals surface area contributed by atoms with Crippen LogP contribution in [0.4, 0.5) is 4.79 Å². The molecule has 7 heteroatoms. The number of amides is 3. The molecule has 1 aromatic rings. The fourth-order valence-electron chi connectivity index (χ4n) is 2.07. The number of rotatable bonds is 3. The zero-order chi connectivity index (χ0) is 15.2. The molecule has 112 valence electrons. The number of likely N-dealkylation sites (N-methyl/N-ethyl adjacent to an activating group) is 1. The Hall–Kier alpha value is -2.41. The maximum Gasteiger partial charge on any atom is 0.332 e. The molecular formula is C14H19N5O2. The minimum Gasteiger partial charge on any atom is -0.350 e. The van der Waals surface area contributed by atoms with Gasteiger partial charge >= 0.3 is 6.03 Å². The number of hydrazone groups is 1. The third kappa shape index (κ3) is 4.28. The van der Waals surface area contributed by atoms with Crippen molar-refractivity contribution in [3.63, 3.8) is 0 Å². The minimum absolute atomic E-state index is 0.0434. The number of benzene rings is 1. The van der Waals surface area contributed by atoms with Crippen LogP contribution in [0.3, 0.4) is 0 Å². The standard InChI is InChI=1S/C14H19N5O2/c1-18-6-8-19(9-7-18)13(20)12-4-2-11(3-5-12)10-16-17-14(15)21/h2-5,10H,6-9H2,1H3,(H3,15,17,21). The van der Waals surface area contributed by atoms with E-state index in [2.05, 4.69) is 22.5 Å². The van der Waals surface area contributed by atoms with Crippen molar-refractivity contribution in [2.45, 2.75) is 0 Å². The lowest BCUT2D eigenvalue weighted by atomic mass is 10.1. The quantitative estimate of drug-likeness (QED) is 0.609. The Kier molecular flexibility index (Phi) is 4.89. The van der Waals surface area contributed by atoms with Gasteiger partial charge in [-0.25, -0.2) is 10.2 Å². The first-order valence-corrected chi connectivity index (χ1v) is 6.72. The third-order valence-corrected chi connectivity index (χ3v) is 3.34. The van der Waals surface area contributed by atoms with E-state index in [1.807, 2.05) is 4.90 Å². The average molecular weight is 289 g/mol. The molecule has 0 atom stereocenters. The van der Waals surface area contributed by atoms with Gasteiger partial charge in [-0.2, -0.15) is 5.10 Å². The number of nitrogens with one attached hydrogen (secondary N) is 1. The first-order chi connectivity index (χ1) is 10.1. The summed E-state index contributed by atoms with van der Waals surface area (Å²) < 4.78 is 0. The SMILES string of the molecule is CN1CCN(C(=O)c2ccc(C=NNC(N)=O)cc2)CC1. The molecule has 1 aliphatic heterocycles. The number of hydrogen-bond acceptors (Lipinski definition) is 4. The Morgan fingerprint density at radius 3 is 2.38 bits per heavy atom. The van der Waals surface area contributed by atoms with Crippen LogP contribution in [0, 0.1) is 0 Å². The summed E-state index contributed by atoms with van der Waals surface area (Å²) in [5, 5.41) is 3.66. The summed E-state index contributed by atoms with van der Waals surface area (Å²) in [6, 6.07) is 6.34. The molecular weight excluding hydrogens is 270 g/mol. The van der Waals surface area contributed by atoms with Crippen LogP contribution in [0.2, 0.25) is 0 Å². The molecule has 0 unspecified atom stereocenters. The molecule has 1 saturated heterocycles. The molecule has 3 N–H and O–H groups in total. The Morgan fingerprint density at radius 2 is 1.81 bits per heavy atom. The van der Waals surface area contributed by atoms with Crippen LogP contribution in [0.25, 0.3) is 0 Å². The number of piperazine rings is 1. The molecule has 0 spiro atoms. The van der Waals surface area contributed by atoms with Crippen LogP contribution in [0.5, 0.6) is 0 Å². The molecule has 0 radical (unpaired) electrons. The summed E-state index contributed by atoms with van der Waals surface area (Å²) >= 11 is 0. The van der Waals surface area contributed by atoms with Gasteiger partial charge in [-0.15, -0.1) is 0 Å². The van der Waals surface area contributed by atoms with E-state index in [-0.39, 0.29) is 5.91 Å². The van der Waals surface area contributed by atoms with Crippen LogP contribution >= 0.6 is 0 Å². The van der Waals surface area contributed by atoms with Crippen LogP contribution in [-0.4, -0.2) is 61.2 Å². The summed E-state index contributed by atoms with van der Waals surface area (Å²) in [6.45, 7) is 3.30. The Labute approximate surface area is 123 Å². The molecule has 1 aromatic carbocycles.